The molecule has 11 heteroatoms. The second-order valence-electron chi connectivity index (χ2n) is 7.17. The maximum absolute atomic E-state index is 12.4. The normalized spacial score (nSPS) is 13.1. The number of alkyl halides is 2. The summed E-state index contributed by atoms with van der Waals surface area (Å²) in [5.74, 6) is -1.69. The van der Waals surface area contributed by atoms with Crippen LogP contribution in [0.4, 0.5) is 13.8 Å². The highest BCUT2D eigenvalue weighted by molar-refractivity contribution is 7.15. The lowest BCUT2D eigenvalue weighted by Gasteiger charge is -2.10. The molecular formula is C23H23F2NO7S. The number of rotatable bonds is 11. The van der Waals surface area contributed by atoms with Crippen molar-refractivity contribution < 1.29 is 42.1 Å². The molecule has 1 N–H and O–H groups in total. The van der Waals surface area contributed by atoms with Crippen molar-refractivity contribution in [1.82, 2.24) is 0 Å². The van der Waals surface area contributed by atoms with Gasteiger partial charge in [0.05, 0.1) is 19.3 Å². The molecule has 1 saturated carbocycles. The maximum Gasteiger partial charge on any atom is 0.387 e. The van der Waals surface area contributed by atoms with Crippen LogP contribution in [0.2, 0.25) is 0 Å². The molecule has 0 radical (unpaired) electrons. The summed E-state index contributed by atoms with van der Waals surface area (Å²) < 4.78 is 44.2. The molecule has 0 aliphatic heterocycles. The van der Waals surface area contributed by atoms with Crippen LogP contribution in [0.15, 0.2) is 29.7 Å². The Morgan fingerprint density at radius 1 is 1.21 bits per heavy atom. The van der Waals surface area contributed by atoms with E-state index in [2.05, 4.69) is 10.1 Å². The molecule has 1 aromatic heterocycles. The van der Waals surface area contributed by atoms with Crippen molar-refractivity contribution in [2.75, 3.05) is 25.6 Å². The SMILES string of the molecule is CCOC(=O)c1c(C2CC2)csc1NC(=O)COC(=O)/C=C/c1ccc(OC(F)F)c(OC)c1. The van der Waals surface area contributed by atoms with Gasteiger partial charge in [0, 0.05) is 6.08 Å². The smallest absolute Gasteiger partial charge is 0.387 e. The van der Waals surface area contributed by atoms with Gasteiger partial charge in [0.1, 0.15) is 5.00 Å². The Labute approximate surface area is 198 Å². The van der Waals surface area contributed by atoms with Gasteiger partial charge in [-0.25, -0.2) is 9.59 Å². The van der Waals surface area contributed by atoms with E-state index in [-0.39, 0.29) is 18.1 Å². The average Bonchev–Trinajstić information content (AvgIpc) is 3.56. The molecular weight excluding hydrogens is 472 g/mol. The average molecular weight is 496 g/mol. The zero-order valence-corrected chi connectivity index (χ0v) is 19.3. The minimum absolute atomic E-state index is 0.0640. The number of nitrogens with one attached hydrogen (secondary N) is 1. The predicted molar refractivity (Wildman–Crippen MR) is 120 cm³/mol. The van der Waals surface area contributed by atoms with Gasteiger partial charge in [0.2, 0.25) is 0 Å². The van der Waals surface area contributed by atoms with Crippen molar-refractivity contribution in [3.63, 3.8) is 0 Å². The Kier molecular flexibility index (Phi) is 8.58. The van der Waals surface area contributed by atoms with Crippen LogP contribution >= 0.6 is 11.3 Å². The number of amides is 1. The molecule has 8 nitrogen and oxygen atoms in total. The molecule has 1 amide bonds. The molecule has 182 valence electrons. The van der Waals surface area contributed by atoms with Crippen LogP contribution in [0.1, 0.15) is 47.2 Å². The largest absolute Gasteiger partial charge is 0.493 e. The number of carbonyl (C=O) groups excluding carboxylic acids is 3. The first kappa shape index (κ1) is 25.2. The molecule has 0 saturated heterocycles. The first-order valence-corrected chi connectivity index (χ1v) is 11.3. The van der Waals surface area contributed by atoms with Gasteiger partial charge in [0.15, 0.2) is 18.1 Å². The zero-order chi connectivity index (χ0) is 24.7. The highest BCUT2D eigenvalue weighted by Crippen LogP contribution is 2.46. The van der Waals surface area contributed by atoms with Gasteiger partial charge in [-0.2, -0.15) is 8.78 Å². The fourth-order valence-electron chi connectivity index (χ4n) is 3.06. The van der Waals surface area contributed by atoms with E-state index in [0.29, 0.717) is 22.0 Å². The van der Waals surface area contributed by atoms with E-state index in [1.54, 1.807) is 6.92 Å². The van der Waals surface area contributed by atoms with Crippen molar-refractivity contribution in [2.24, 2.45) is 0 Å². The van der Waals surface area contributed by atoms with Crippen molar-refractivity contribution in [3.05, 3.63) is 46.3 Å². The number of thiophene rings is 1. The molecule has 2 aromatic rings. The second-order valence-corrected chi connectivity index (χ2v) is 8.05. The van der Waals surface area contributed by atoms with Crippen LogP contribution in [-0.4, -0.2) is 44.8 Å². The lowest BCUT2D eigenvalue weighted by atomic mass is 10.1. The van der Waals surface area contributed by atoms with Gasteiger partial charge < -0.3 is 24.3 Å². The number of halogens is 2. The summed E-state index contributed by atoms with van der Waals surface area (Å²) in [6, 6.07) is 4.13. The monoisotopic (exact) mass is 495 g/mol. The number of ether oxygens (including phenoxy) is 4. The highest BCUT2D eigenvalue weighted by Gasteiger charge is 2.32. The van der Waals surface area contributed by atoms with Gasteiger partial charge in [-0.05, 0) is 60.4 Å². The van der Waals surface area contributed by atoms with Crippen molar-refractivity contribution in [1.29, 1.82) is 0 Å². The van der Waals surface area contributed by atoms with Crippen LogP contribution in [0.3, 0.4) is 0 Å². The molecule has 0 bridgehead atoms. The van der Waals surface area contributed by atoms with Gasteiger partial charge in [-0.3, -0.25) is 4.79 Å². The van der Waals surface area contributed by atoms with Gasteiger partial charge in [0.25, 0.3) is 5.91 Å². The summed E-state index contributed by atoms with van der Waals surface area (Å²) in [4.78, 5) is 36.6. The summed E-state index contributed by atoms with van der Waals surface area (Å²) in [5.41, 5.74) is 1.67. The van der Waals surface area contributed by atoms with Gasteiger partial charge in [-0.1, -0.05) is 6.07 Å². The van der Waals surface area contributed by atoms with E-state index in [9.17, 15) is 23.2 Å². The molecule has 1 aliphatic carbocycles. The molecule has 1 aromatic carbocycles. The number of anilines is 1. The van der Waals surface area contributed by atoms with Crippen molar-refractivity contribution in [2.45, 2.75) is 32.3 Å². The van der Waals surface area contributed by atoms with Gasteiger partial charge >= 0.3 is 18.6 Å². The standard InChI is InChI=1S/C23H23F2NO7S/c1-3-31-22(29)20-15(14-6-7-14)12-34-21(20)26-18(27)11-32-19(28)9-5-13-4-8-16(33-23(24)25)17(10-13)30-2/h4-5,8-10,12,14,23H,3,6-7,11H2,1-2H3,(H,26,27)/b9-5+. The predicted octanol–water partition coefficient (Wildman–Crippen LogP) is 4.61. The number of benzene rings is 1. The first-order chi connectivity index (χ1) is 16.3. The van der Waals surface area contributed by atoms with Crippen molar-refractivity contribution >= 4 is 40.3 Å². The summed E-state index contributed by atoms with van der Waals surface area (Å²) in [6.45, 7) is -1.65. The minimum atomic E-state index is -3.00. The molecule has 1 fully saturated rings. The van der Waals surface area contributed by atoms with E-state index >= 15 is 0 Å². The molecule has 0 atom stereocenters. The Morgan fingerprint density at radius 2 is 1.97 bits per heavy atom. The second kappa shape index (κ2) is 11.6. The topological polar surface area (TPSA) is 100 Å². The number of hydrogen-bond donors (Lipinski definition) is 1. The molecule has 0 spiro atoms. The Balaban J connectivity index is 1.56. The third-order valence-electron chi connectivity index (χ3n) is 4.73. The van der Waals surface area contributed by atoms with Crippen LogP contribution in [0.25, 0.3) is 6.08 Å². The Hall–Kier alpha value is -3.47. The lowest BCUT2D eigenvalue weighted by molar-refractivity contribution is -0.142. The molecule has 3 rings (SSSR count). The van der Waals surface area contributed by atoms with Crippen LogP contribution in [-0.2, 0) is 19.1 Å². The maximum atomic E-state index is 12.4. The van der Waals surface area contributed by atoms with E-state index in [1.807, 2.05) is 5.38 Å². The van der Waals surface area contributed by atoms with E-state index in [0.717, 1.165) is 24.5 Å². The number of hydrogen-bond acceptors (Lipinski definition) is 8. The van der Waals surface area contributed by atoms with Crippen molar-refractivity contribution in [3.8, 4) is 11.5 Å². The van der Waals surface area contributed by atoms with Gasteiger partial charge in [-0.15, -0.1) is 11.3 Å². The third-order valence-corrected chi connectivity index (χ3v) is 5.64. The molecule has 34 heavy (non-hydrogen) atoms. The van der Waals surface area contributed by atoms with Crippen LogP contribution < -0.4 is 14.8 Å². The number of carbonyl (C=O) groups is 3. The Morgan fingerprint density at radius 3 is 2.62 bits per heavy atom. The molecule has 0 unspecified atom stereocenters. The molecule has 1 aliphatic rings. The fraction of sp³-hybridized carbons (Fsp3) is 0.348. The summed E-state index contributed by atoms with van der Waals surface area (Å²) in [5, 5.41) is 4.79. The summed E-state index contributed by atoms with van der Waals surface area (Å²) in [6.07, 6.45) is 4.41. The van der Waals surface area contributed by atoms with E-state index in [1.165, 1.54) is 42.7 Å². The van der Waals surface area contributed by atoms with E-state index in [4.69, 9.17) is 14.2 Å². The lowest BCUT2D eigenvalue weighted by Crippen LogP contribution is -2.21. The highest BCUT2D eigenvalue weighted by atomic mass is 32.1. The Bertz CT molecular complexity index is 1080. The first-order valence-electron chi connectivity index (χ1n) is 10.4. The summed E-state index contributed by atoms with van der Waals surface area (Å²) >= 11 is 1.22. The van der Waals surface area contributed by atoms with Crippen LogP contribution in [0, 0.1) is 0 Å². The fourth-order valence-corrected chi connectivity index (χ4v) is 4.11. The number of esters is 2. The summed E-state index contributed by atoms with van der Waals surface area (Å²) in [7, 11) is 1.29. The quantitative estimate of drug-likeness (QED) is 0.359. The molecule has 1 heterocycles. The third kappa shape index (κ3) is 6.77. The van der Waals surface area contributed by atoms with Crippen LogP contribution in [0.5, 0.6) is 11.5 Å². The minimum Gasteiger partial charge on any atom is -0.493 e. The number of methoxy groups -OCH3 is 1. The van der Waals surface area contributed by atoms with E-state index < -0.39 is 31.1 Å². The zero-order valence-electron chi connectivity index (χ0n) is 18.5.